The zero-order valence-electron chi connectivity index (χ0n) is 9.64. The first-order valence-corrected chi connectivity index (χ1v) is 6.14. The molecule has 5 heteroatoms. The van der Waals surface area contributed by atoms with Gasteiger partial charge in [-0.25, -0.2) is 4.79 Å². The van der Waals surface area contributed by atoms with Gasteiger partial charge >= 0.3 is 5.97 Å². The Morgan fingerprint density at radius 2 is 1.94 bits per heavy atom. The lowest BCUT2D eigenvalue weighted by Gasteiger charge is -2.04. The summed E-state index contributed by atoms with van der Waals surface area (Å²) in [4.78, 5) is 22.8. The third-order valence-corrected chi connectivity index (χ3v) is 3.39. The SMILES string of the molecule is Cc1ccsc1NC(=O)c1cccc(C(=O)O)c1. The maximum atomic E-state index is 11.9. The lowest BCUT2D eigenvalue weighted by atomic mass is 10.1. The van der Waals surface area contributed by atoms with E-state index in [4.69, 9.17) is 5.11 Å². The summed E-state index contributed by atoms with van der Waals surface area (Å²) in [5.41, 5.74) is 1.43. The van der Waals surface area contributed by atoms with Crippen LogP contribution in [0.5, 0.6) is 0 Å². The van der Waals surface area contributed by atoms with Crippen LogP contribution in [0.25, 0.3) is 0 Å². The molecule has 0 fully saturated rings. The number of nitrogens with one attached hydrogen (secondary N) is 1. The van der Waals surface area contributed by atoms with Gasteiger partial charge in [0, 0.05) is 5.56 Å². The van der Waals surface area contributed by atoms with Crippen molar-refractivity contribution in [2.24, 2.45) is 0 Å². The summed E-state index contributed by atoms with van der Waals surface area (Å²) >= 11 is 1.43. The minimum atomic E-state index is -1.04. The Bertz CT molecular complexity index is 604. The number of hydrogen-bond donors (Lipinski definition) is 2. The fourth-order valence-corrected chi connectivity index (χ4v) is 2.28. The van der Waals surface area contributed by atoms with Crippen molar-refractivity contribution in [3.05, 3.63) is 52.4 Å². The zero-order chi connectivity index (χ0) is 13.1. The van der Waals surface area contributed by atoms with E-state index in [9.17, 15) is 9.59 Å². The molecule has 18 heavy (non-hydrogen) atoms. The molecule has 92 valence electrons. The number of carboxylic acids is 1. The Kier molecular flexibility index (Phi) is 3.43. The molecule has 0 bridgehead atoms. The van der Waals surface area contributed by atoms with Crippen LogP contribution < -0.4 is 5.32 Å². The number of carboxylic acid groups (broad SMARTS) is 1. The second kappa shape index (κ2) is 5.01. The molecular formula is C13H11NO3S. The number of aromatic carboxylic acids is 1. The number of thiophene rings is 1. The van der Waals surface area contributed by atoms with Crippen LogP contribution >= 0.6 is 11.3 Å². The highest BCUT2D eigenvalue weighted by atomic mass is 32.1. The fraction of sp³-hybridized carbons (Fsp3) is 0.0769. The van der Waals surface area contributed by atoms with Gasteiger partial charge in [0.05, 0.1) is 10.6 Å². The fourth-order valence-electron chi connectivity index (χ4n) is 1.47. The number of carbonyl (C=O) groups excluding carboxylic acids is 1. The highest BCUT2D eigenvalue weighted by molar-refractivity contribution is 7.14. The molecule has 1 heterocycles. The third kappa shape index (κ3) is 2.57. The highest BCUT2D eigenvalue weighted by Gasteiger charge is 2.11. The Balaban J connectivity index is 2.21. The van der Waals surface area contributed by atoms with Crippen molar-refractivity contribution in [1.29, 1.82) is 0 Å². The average molecular weight is 261 g/mol. The van der Waals surface area contributed by atoms with Crippen LogP contribution in [0.1, 0.15) is 26.3 Å². The summed E-state index contributed by atoms with van der Waals surface area (Å²) in [5, 5.41) is 14.3. The largest absolute Gasteiger partial charge is 0.478 e. The van der Waals surface area contributed by atoms with Crippen molar-refractivity contribution < 1.29 is 14.7 Å². The smallest absolute Gasteiger partial charge is 0.335 e. The predicted octanol–water partition coefficient (Wildman–Crippen LogP) is 3.01. The minimum Gasteiger partial charge on any atom is -0.478 e. The lowest BCUT2D eigenvalue weighted by Crippen LogP contribution is -2.12. The van der Waals surface area contributed by atoms with Gasteiger partial charge in [0.15, 0.2) is 0 Å². The van der Waals surface area contributed by atoms with Gasteiger partial charge in [-0.3, -0.25) is 4.79 Å². The van der Waals surface area contributed by atoms with Gasteiger partial charge in [-0.05, 0) is 42.1 Å². The molecule has 0 atom stereocenters. The van der Waals surface area contributed by atoms with E-state index >= 15 is 0 Å². The van der Waals surface area contributed by atoms with E-state index in [0.29, 0.717) is 5.56 Å². The average Bonchev–Trinajstić information content (AvgIpc) is 2.75. The van der Waals surface area contributed by atoms with Crippen LogP contribution in [0.15, 0.2) is 35.7 Å². The maximum absolute atomic E-state index is 11.9. The van der Waals surface area contributed by atoms with Gasteiger partial charge in [0.25, 0.3) is 5.91 Å². The van der Waals surface area contributed by atoms with Crippen LogP contribution in [0.4, 0.5) is 5.00 Å². The number of benzene rings is 1. The van der Waals surface area contributed by atoms with Gasteiger partial charge < -0.3 is 10.4 Å². The maximum Gasteiger partial charge on any atom is 0.335 e. The topological polar surface area (TPSA) is 66.4 Å². The van der Waals surface area contributed by atoms with Gasteiger partial charge in [-0.2, -0.15) is 0 Å². The van der Waals surface area contributed by atoms with Gasteiger partial charge in [0.2, 0.25) is 0 Å². The van der Waals surface area contributed by atoms with Crippen LogP contribution in [0.2, 0.25) is 0 Å². The number of amides is 1. The van der Waals surface area contributed by atoms with Crippen molar-refractivity contribution in [3.63, 3.8) is 0 Å². The Morgan fingerprint density at radius 3 is 2.56 bits per heavy atom. The summed E-state index contributed by atoms with van der Waals surface area (Å²) < 4.78 is 0. The molecule has 0 radical (unpaired) electrons. The molecule has 0 saturated heterocycles. The third-order valence-electron chi connectivity index (χ3n) is 2.46. The second-order valence-electron chi connectivity index (χ2n) is 3.77. The molecule has 0 spiro atoms. The Morgan fingerprint density at radius 1 is 1.22 bits per heavy atom. The van der Waals surface area contributed by atoms with Crippen molar-refractivity contribution in [3.8, 4) is 0 Å². The number of carbonyl (C=O) groups is 2. The molecule has 0 unspecified atom stereocenters. The second-order valence-corrected chi connectivity index (χ2v) is 4.69. The first kappa shape index (κ1) is 12.3. The van der Waals surface area contributed by atoms with E-state index in [1.54, 1.807) is 12.1 Å². The minimum absolute atomic E-state index is 0.102. The molecule has 0 saturated carbocycles. The summed E-state index contributed by atoms with van der Waals surface area (Å²) in [7, 11) is 0. The van der Waals surface area contributed by atoms with Crippen molar-refractivity contribution in [1.82, 2.24) is 0 Å². The monoisotopic (exact) mass is 261 g/mol. The summed E-state index contributed by atoms with van der Waals surface area (Å²) in [6, 6.07) is 7.87. The van der Waals surface area contributed by atoms with Crippen LogP contribution in [-0.2, 0) is 0 Å². The van der Waals surface area contributed by atoms with E-state index in [2.05, 4.69) is 5.32 Å². The molecule has 1 aromatic heterocycles. The summed E-state index contributed by atoms with van der Waals surface area (Å²) in [6.07, 6.45) is 0. The van der Waals surface area contributed by atoms with E-state index in [0.717, 1.165) is 10.6 Å². The van der Waals surface area contributed by atoms with E-state index in [1.165, 1.54) is 23.5 Å². The number of rotatable bonds is 3. The van der Waals surface area contributed by atoms with E-state index in [1.807, 2.05) is 18.4 Å². The van der Waals surface area contributed by atoms with Crippen molar-refractivity contribution >= 4 is 28.2 Å². The molecule has 2 rings (SSSR count). The van der Waals surface area contributed by atoms with Gasteiger partial charge in [-0.1, -0.05) is 6.07 Å². The molecule has 2 N–H and O–H groups in total. The first-order valence-electron chi connectivity index (χ1n) is 5.27. The van der Waals surface area contributed by atoms with Crippen LogP contribution in [-0.4, -0.2) is 17.0 Å². The van der Waals surface area contributed by atoms with Crippen LogP contribution in [0, 0.1) is 6.92 Å². The first-order chi connectivity index (χ1) is 8.58. The normalized spacial score (nSPS) is 10.1. The molecule has 4 nitrogen and oxygen atoms in total. The molecule has 0 aliphatic carbocycles. The summed E-state index contributed by atoms with van der Waals surface area (Å²) in [5.74, 6) is -1.35. The van der Waals surface area contributed by atoms with E-state index < -0.39 is 5.97 Å². The standard InChI is InChI=1S/C13H11NO3S/c1-8-5-6-18-12(8)14-11(15)9-3-2-4-10(7-9)13(16)17/h2-7H,1H3,(H,14,15)(H,16,17). The number of anilines is 1. The number of aryl methyl sites for hydroxylation is 1. The van der Waals surface area contributed by atoms with Gasteiger partial charge in [0.1, 0.15) is 0 Å². The highest BCUT2D eigenvalue weighted by Crippen LogP contribution is 2.22. The quantitative estimate of drug-likeness (QED) is 0.892. The molecule has 2 aromatic rings. The lowest BCUT2D eigenvalue weighted by molar-refractivity contribution is 0.0697. The Labute approximate surface area is 108 Å². The van der Waals surface area contributed by atoms with Crippen molar-refractivity contribution in [2.75, 3.05) is 5.32 Å². The van der Waals surface area contributed by atoms with E-state index in [-0.39, 0.29) is 11.5 Å². The zero-order valence-corrected chi connectivity index (χ0v) is 10.5. The Hall–Kier alpha value is -2.14. The molecule has 1 aromatic carbocycles. The molecular weight excluding hydrogens is 250 g/mol. The molecule has 0 aliphatic rings. The molecule has 0 aliphatic heterocycles. The predicted molar refractivity (Wildman–Crippen MR) is 70.4 cm³/mol. The number of hydrogen-bond acceptors (Lipinski definition) is 3. The summed E-state index contributed by atoms with van der Waals surface area (Å²) in [6.45, 7) is 1.90. The molecule has 1 amide bonds. The van der Waals surface area contributed by atoms with Gasteiger partial charge in [-0.15, -0.1) is 11.3 Å². The van der Waals surface area contributed by atoms with Crippen LogP contribution in [0.3, 0.4) is 0 Å². The van der Waals surface area contributed by atoms with Crippen molar-refractivity contribution in [2.45, 2.75) is 6.92 Å².